The molecule has 3 rings (SSSR count). The van der Waals surface area contributed by atoms with Gasteiger partial charge in [0, 0.05) is 17.8 Å². The zero-order chi connectivity index (χ0) is 19.8. The molecule has 1 heterocycles. The van der Waals surface area contributed by atoms with E-state index in [2.05, 4.69) is 70.3 Å². The number of hydrogen-bond donors (Lipinski definition) is 0. The van der Waals surface area contributed by atoms with Gasteiger partial charge in [-0.2, -0.15) is 0 Å². The number of benzene rings is 2. The molecular weight excluding hydrogens is 429 g/mol. The van der Waals surface area contributed by atoms with Crippen molar-refractivity contribution in [3.05, 3.63) is 58.1 Å². The molecule has 3 aromatic rings. The van der Waals surface area contributed by atoms with Gasteiger partial charge < -0.3 is 14.5 Å². The number of aromatic nitrogens is 3. The average Bonchev–Trinajstić information content (AvgIpc) is 2.94. The number of aliphatic carboxylic acids is 1. The minimum Gasteiger partial charge on any atom is -0.550 e. The van der Waals surface area contributed by atoms with Crippen LogP contribution in [0.15, 0.2) is 41.1 Å². The quantitative estimate of drug-likeness (QED) is 0.517. The van der Waals surface area contributed by atoms with E-state index in [-0.39, 0.29) is 36.0 Å². The van der Waals surface area contributed by atoms with Crippen LogP contribution >= 0.6 is 15.9 Å². The number of hydrogen-bond acceptors (Lipinski definition) is 4. The third kappa shape index (κ3) is 4.67. The molecule has 0 unspecified atom stereocenters. The number of carbonyl (C=O) groups is 1. The summed E-state index contributed by atoms with van der Waals surface area (Å²) in [6.45, 7) is 8.23. The van der Waals surface area contributed by atoms with Gasteiger partial charge in [0.15, 0.2) is 4.73 Å². The summed E-state index contributed by atoms with van der Waals surface area (Å²) in [6.07, 6.45) is 0.246. The molecule has 0 atom stereocenters. The second-order valence-electron chi connectivity index (χ2n) is 7.83. The van der Waals surface area contributed by atoms with E-state index >= 15 is 0 Å². The maximum atomic E-state index is 11.4. The molecule has 0 N–H and O–H groups in total. The van der Waals surface area contributed by atoms with Gasteiger partial charge in [0.1, 0.15) is 5.82 Å². The first-order valence-electron chi connectivity index (χ1n) is 9.00. The summed E-state index contributed by atoms with van der Waals surface area (Å²) in [5.74, 6) is -0.0435. The summed E-state index contributed by atoms with van der Waals surface area (Å²) in [7, 11) is 0. The number of rotatable bonds is 6. The standard InChI is InChI=1S/C21H24BrN3O2.Na/c1-13(2)15-10-9-14(16-7-5-6-8-17(15)16)12-25-18(23-24-20(25)22)11-21(3,4)19(26)27;/h5-10,13H,11-12H2,1-4H3,(H,26,27);/q;+1/p-1. The zero-order valence-corrected chi connectivity index (χ0v) is 20.6. The molecule has 0 aliphatic rings. The Morgan fingerprint density at radius 2 is 1.79 bits per heavy atom. The number of halogens is 1. The molecule has 0 aliphatic carbocycles. The molecule has 0 bridgehead atoms. The number of fused-ring (bicyclic) bond motifs is 1. The third-order valence-electron chi connectivity index (χ3n) is 4.93. The van der Waals surface area contributed by atoms with E-state index in [1.165, 1.54) is 16.3 Å². The molecule has 5 nitrogen and oxygen atoms in total. The first kappa shape index (κ1) is 23.1. The van der Waals surface area contributed by atoms with Gasteiger partial charge in [-0.05, 0) is 43.7 Å². The second kappa shape index (κ2) is 9.08. The number of carboxylic acid groups (broad SMARTS) is 1. The molecule has 0 aliphatic heterocycles. The molecule has 0 radical (unpaired) electrons. The number of carbonyl (C=O) groups excluding carboxylic acids is 1. The van der Waals surface area contributed by atoms with E-state index in [0.717, 1.165) is 5.56 Å². The molecule has 28 heavy (non-hydrogen) atoms. The molecule has 0 fully saturated rings. The van der Waals surface area contributed by atoms with Gasteiger partial charge in [-0.25, -0.2) is 0 Å². The van der Waals surface area contributed by atoms with E-state index in [0.29, 0.717) is 23.0 Å². The monoisotopic (exact) mass is 451 g/mol. The van der Waals surface area contributed by atoms with Crippen LogP contribution in [0.1, 0.15) is 50.6 Å². The summed E-state index contributed by atoms with van der Waals surface area (Å²) >= 11 is 3.45. The second-order valence-corrected chi connectivity index (χ2v) is 8.54. The molecule has 0 saturated heterocycles. The summed E-state index contributed by atoms with van der Waals surface area (Å²) in [5.41, 5.74) is 1.44. The van der Waals surface area contributed by atoms with Gasteiger partial charge in [-0.1, -0.05) is 64.1 Å². The van der Waals surface area contributed by atoms with Gasteiger partial charge in [0.25, 0.3) is 0 Å². The van der Waals surface area contributed by atoms with Gasteiger partial charge in [0.2, 0.25) is 0 Å². The van der Waals surface area contributed by atoms with Crippen LogP contribution in [-0.4, -0.2) is 20.7 Å². The van der Waals surface area contributed by atoms with Crippen molar-refractivity contribution in [1.29, 1.82) is 0 Å². The van der Waals surface area contributed by atoms with Crippen molar-refractivity contribution in [3.8, 4) is 0 Å². The molecule has 0 saturated carbocycles. The van der Waals surface area contributed by atoms with Gasteiger partial charge in [0.05, 0.1) is 6.54 Å². The van der Waals surface area contributed by atoms with Crippen molar-refractivity contribution >= 4 is 32.7 Å². The van der Waals surface area contributed by atoms with Crippen LogP contribution in [0.2, 0.25) is 0 Å². The normalized spacial score (nSPS) is 11.6. The van der Waals surface area contributed by atoms with Crippen molar-refractivity contribution in [2.24, 2.45) is 5.41 Å². The van der Waals surface area contributed by atoms with E-state index < -0.39 is 11.4 Å². The Bertz CT molecular complexity index is 998. The van der Waals surface area contributed by atoms with Crippen LogP contribution in [0.25, 0.3) is 10.8 Å². The fraction of sp³-hybridized carbons (Fsp3) is 0.381. The molecule has 2 aromatic carbocycles. The minimum absolute atomic E-state index is 0. The average molecular weight is 452 g/mol. The van der Waals surface area contributed by atoms with E-state index in [9.17, 15) is 9.90 Å². The Balaban J connectivity index is 0.00000280. The van der Waals surface area contributed by atoms with Crippen LogP contribution in [-0.2, 0) is 17.8 Å². The van der Waals surface area contributed by atoms with Crippen molar-refractivity contribution in [2.45, 2.75) is 46.6 Å². The van der Waals surface area contributed by atoms with Crippen LogP contribution < -0.4 is 34.7 Å². The van der Waals surface area contributed by atoms with Crippen LogP contribution in [0.5, 0.6) is 0 Å². The molecule has 7 heteroatoms. The van der Waals surface area contributed by atoms with Crippen molar-refractivity contribution in [3.63, 3.8) is 0 Å². The van der Waals surface area contributed by atoms with Crippen molar-refractivity contribution in [2.75, 3.05) is 0 Å². The Kier molecular flexibility index (Phi) is 7.48. The maximum absolute atomic E-state index is 11.4. The summed E-state index contributed by atoms with van der Waals surface area (Å²) in [5, 5.41) is 22.1. The van der Waals surface area contributed by atoms with Crippen LogP contribution in [0.3, 0.4) is 0 Å². The van der Waals surface area contributed by atoms with Crippen molar-refractivity contribution in [1.82, 2.24) is 14.8 Å². The first-order chi connectivity index (χ1) is 12.7. The van der Waals surface area contributed by atoms with Crippen LogP contribution in [0.4, 0.5) is 0 Å². The molecule has 142 valence electrons. The Labute approximate surface area is 196 Å². The summed E-state index contributed by atoms with van der Waals surface area (Å²) in [4.78, 5) is 11.4. The summed E-state index contributed by atoms with van der Waals surface area (Å²) in [6, 6.07) is 12.7. The third-order valence-corrected chi connectivity index (χ3v) is 5.52. The Hall–Kier alpha value is -1.21. The van der Waals surface area contributed by atoms with Gasteiger partial charge in [-0.15, -0.1) is 10.2 Å². The molecule has 0 spiro atoms. The fourth-order valence-electron chi connectivity index (χ4n) is 3.26. The fourth-order valence-corrected chi connectivity index (χ4v) is 3.67. The van der Waals surface area contributed by atoms with E-state index in [1.807, 2.05) is 10.6 Å². The van der Waals surface area contributed by atoms with E-state index in [4.69, 9.17) is 0 Å². The molecule has 1 aromatic heterocycles. The Morgan fingerprint density at radius 1 is 1.14 bits per heavy atom. The largest absolute Gasteiger partial charge is 1.00 e. The molecular formula is C21H23BrN3NaO2. The predicted octanol–water partition coefficient (Wildman–Crippen LogP) is 0.688. The van der Waals surface area contributed by atoms with Gasteiger partial charge >= 0.3 is 29.6 Å². The van der Waals surface area contributed by atoms with Gasteiger partial charge in [-0.3, -0.25) is 0 Å². The van der Waals surface area contributed by atoms with Crippen molar-refractivity contribution < 1.29 is 39.5 Å². The maximum Gasteiger partial charge on any atom is 1.00 e. The Morgan fingerprint density at radius 3 is 2.39 bits per heavy atom. The summed E-state index contributed by atoms with van der Waals surface area (Å²) < 4.78 is 2.50. The smallest absolute Gasteiger partial charge is 0.550 e. The minimum atomic E-state index is -1.10. The number of nitrogens with zero attached hydrogens (tertiary/aromatic N) is 3. The van der Waals surface area contributed by atoms with Crippen LogP contribution in [0, 0.1) is 5.41 Å². The first-order valence-corrected chi connectivity index (χ1v) is 9.79. The zero-order valence-electron chi connectivity index (χ0n) is 17.0. The number of carboxylic acids is 1. The SMILES string of the molecule is CC(C)c1ccc(Cn2c(Br)nnc2CC(C)(C)C(=O)[O-])c2ccccc12.[Na+]. The predicted molar refractivity (Wildman–Crippen MR) is 107 cm³/mol. The van der Waals surface area contributed by atoms with E-state index in [1.54, 1.807) is 13.8 Å². The topological polar surface area (TPSA) is 70.8 Å². The molecule has 0 amide bonds.